The molecule has 2 heterocycles. The van der Waals surface area contributed by atoms with E-state index in [-0.39, 0.29) is 11.6 Å². The average molecular weight is 1120 g/mol. The van der Waals surface area contributed by atoms with Crippen molar-refractivity contribution < 1.29 is 57.8 Å². The predicted octanol–water partition coefficient (Wildman–Crippen LogP) is 0.854. The summed E-state index contributed by atoms with van der Waals surface area (Å²) in [6.45, 7) is 8.08. The maximum Gasteiger partial charge on any atom is 0.329 e. The number of nitrogens with zero attached hydrogens (tertiary/aromatic N) is 7. The Labute approximate surface area is 462 Å². The number of carbonyl (C=O) groups excluding carboxylic acids is 10. The van der Waals surface area contributed by atoms with Crippen molar-refractivity contribution in [2.24, 2.45) is 11.8 Å². The molecule has 0 fully saturated rings. The number of likely N-dealkylation sites (N-methyl/N-ethyl adjacent to an activating group) is 4. The molecule has 8 atom stereocenters. The number of aliphatic hydroxyl groups excluding tert-OH is 1. The zero-order chi connectivity index (χ0) is 58.4. The first kappa shape index (κ1) is 65.1. The lowest BCUT2D eigenvalue weighted by Crippen LogP contribution is -2.60. The van der Waals surface area contributed by atoms with Crippen molar-refractivity contribution in [3.63, 3.8) is 0 Å². The highest BCUT2D eigenvalue weighted by atomic mass is 32.2. The Morgan fingerprint density at radius 1 is 0.692 bits per heavy atom. The van der Waals surface area contributed by atoms with E-state index in [9.17, 15) is 53.1 Å². The van der Waals surface area contributed by atoms with E-state index in [2.05, 4.69) is 46.5 Å². The molecule has 0 aliphatic rings. The SMILES string of the molecule is CCC(C)C(C(=O)OC[C@@H](NC(=O)c1cnc2ccccc2n1)C(=O)N[C@@H](C)C(=O)N(C)CC(=O)NC(C=O)C(C)C)N(C)C(=O)C(C(SC)SC)N(C)C(=O)[C@H](C)NC(=O)C(CO)NC.O=Cc1cnc2ccccc2n1. The molecule has 24 nitrogen and oxygen atoms in total. The number of para-hydroxylation sites is 4. The van der Waals surface area contributed by atoms with Crippen molar-refractivity contribution in [2.45, 2.75) is 94.8 Å². The molecule has 78 heavy (non-hydrogen) atoms. The fourth-order valence-electron chi connectivity index (χ4n) is 7.63. The van der Waals surface area contributed by atoms with Gasteiger partial charge in [-0.05, 0) is 69.5 Å². The lowest BCUT2D eigenvalue weighted by molar-refractivity contribution is -0.159. The van der Waals surface area contributed by atoms with E-state index in [1.165, 1.54) is 87.8 Å². The van der Waals surface area contributed by atoms with Gasteiger partial charge in [-0.2, -0.15) is 0 Å². The largest absolute Gasteiger partial charge is 0.461 e. The van der Waals surface area contributed by atoms with Crippen LogP contribution in [-0.4, -0.2) is 207 Å². The Hall–Kier alpha value is -7.16. The van der Waals surface area contributed by atoms with Crippen molar-refractivity contribution in [1.82, 2.24) is 61.2 Å². The number of rotatable bonds is 27. The molecular weight excluding hydrogens is 1050 g/mol. The number of esters is 1. The number of aromatic nitrogens is 4. The number of fused-ring (bicyclic) bond motifs is 2. The third-order valence-electron chi connectivity index (χ3n) is 12.5. The number of thioether (sulfide) groups is 2. The average Bonchev–Trinajstić information content (AvgIpc) is 3.45. The molecule has 2 aromatic heterocycles. The van der Waals surface area contributed by atoms with Gasteiger partial charge < -0.3 is 55.9 Å². The summed E-state index contributed by atoms with van der Waals surface area (Å²) in [6.07, 6.45) is 7.86. The van der Waals surface area contributed by atoms with Crippen molar-refractivity contribution in [3.8, 4) is 0 Å². The highest BCUT2D eigenvalue weighted by molar-refractivity contribution is 8.16. The second kappa shape index (κ2) is 31.9. The van der Waals surface area contributed by atoms with E-state index < -0.39 is 120 Å². The normalized spacial score (nSPS) is 14.1. The third kappa shape index (κ3) is 18.2. The molecular formula is C52H72N12O12S2. The number of nitrogens with one attached hydrogen (secondary N) is 5. The summed E-state index contributed by atoms with van der Waals surface area (Å²) in [5.74, 6) is -6.65. The molecule has 0 radical (unpaired) electrons. The Kier molecular flexibility index (Phi) is 26.6. The second-order valence-corrected chi connectivity index (χ2v) is 20.7. The Balaban J connectivity index is 0.00000116. The highest BCUT2D eigenvalue weighted by Gasteiger charge is 2.42. The molecule has 0 aliphatic carbocycles. The zero-order valence-corrected chi connectivity index (χ0v) is 47.5. The summed E-state index contributed by atoms with van der Waals surface area (Å²) in [4.78, 5) is 151. The van der Waals surface area contributed by atoms with Gasteiger partial charge in [-0.1, -0.05) is 58.4 Å². The number of aliphatic hydroxyl groups is 1. The Morgan fingerprint density at radius 3 is 1.73 bits per heavy atom. The molecule has 0 aliphatic heterocycles. The molecule has 6 N–H and O–H groups in total. The van der Waals surface area contributed by atoms with Crippen molar-refractivity contribution in [2.75, 3.05) is 60.5 Å². The van der Waals surface area contributed by atoms with Crippen LogP contribution in [0.2, 0.25) is 0 Å². The maximum absolute atomic E-state index is 14.6. The second-order valence-electron chi connectivity index (χ2n) is 18.5. The fraction of sp³-hybridized carbons (Fsp3) is 0.500. The number of ether oxygens (including phenoxy) is 1. The number of hydrogen-bond acceptors (Lipinski definition) is 19. The van der Waals surface area contributed by atoms with Crippen molar-refractivity contribution >= 4 is 105 Å². The molecule has 26 heteroatoms. The first-order valence-electron chi connectivity index (χ1n) is 24.9. The highest BCUT2D eigenvalue weighted by Crippen LogP contribution is 2.29. The molecule has 4 aromatic rings. The molecule has 0 bridgehead atoms. The minimum Gasteiger partial charge on any atom is -0.461 e. The number of hydrogen-bond donors (Lipinski definition) is 6. The van der Waals surface area contributed by atoms with E-state index in [0.717, 1.165) is 15.9 Å². The van der Waals surface area contributed by atoms with Crippen LogP contribution in [0.4, 0.5) is 0 Å². The van der Waals surface area contributed by atoms with Gasteiger partial charge in [0.2, 0.25) is 35.4 Å². The van der Waals surface area contributed by atoms with Gasteiger partial charge >= 0.3 is 5.97 Å². The molecule has 4 rings (SSSR count). The number of amides is 7. The van der Waals surface area contributed by atoms with Gasteiger partial charge in [0.05, 0.1) is 58.2 Å². The van der Waals surface area contributed by atoms with Crippen molar-refractivity contribution in [1.29, 1.82) is 0 Å². The quantitative estimate of drug-likeness (QED) is 0.0274. The lowest BCUT2D eigenvalue weighted by atomic mass is 9.97. The molecule has 0 saturated heterocycles. The molecule has 5 unspecified atom stereocenters. The van der Waals surface area contributed by atoms with E-state index in [0.29, 0.717) is 35.7 Å². The standard InChI is InChI=1S/C43H66N10O11S2.C9H6N2O/c1-13-24(4)34(52(9)41(62)35(43(65-11)66-12)53(10)40(61)26(6)47-37(58)31(21-55)44-7)42(63)64-22-32(50-36(57)29-18-45-27-16-14-15-17-28(27)48-29)38(59)46-25(5)39(60)51(8)19-33(56)49-30(20-54)23(2)3;12-6-7-5-10-8-3-1-2-4-9(8)11-7/h14-18,20,23-26,30-32,34-35,43-44,55H,13,19,21-22H2,1-12H3,(H,46,59)(H,47,58)(H,49,56)(H,50,57);1-6H/t24?,25-,26-,30?,31?,32+,34?,35?;/m0./s1. The van der Waals surface area contributed by atoms with Gasteiger partial charge in [0.1, 0.15) is 60.5 Å². The summed E-state index contributed by atoms with van der Waals surface area (Å²) in [7, 11) is 5.62. The summed E-state index contributed by atoms with van der Waals surface area (Å²) >= 11 is 2.60. The van der Waals surface area contributed by atoms with E-state index in [4.69, 9.17) is 4.74 Å². The fourth-order valence-corrected chi connectivity index (χ4v) is 9.52. The molecule has 0 saturated carbocycles. The summed E-state index contributed by atoms with van der Waals surface area (Å²) in [6, 6.07) is 6.05. The van der Waals surface area contributed by atoms with Gasteiger partial charge in [-0.15, -0.1) is 23.5 Å². The third-order valence-corrected chi connectivity index (χ3v) is 15.1. The van der Waals surface area contributed by atoms with Gasteiger partial charge in [0, 0.05) is 21.1 Å². The molecule has 424 valence electrons. The number of aldehydes is 2. The molecule has 0 spiro atoms. The van der Waals surface area contributed by atoms with Crippen LogP contribution in [0.15, 0.2) is 60.9 Å². The predicted molar refractivity (Wildman–Crippen MR) is 296 cm³/mol. The van der Waals surface area contributed by atoms with Crippen LogP contribution >= 0.6 is 23.5 Å². The Bertz CT molecular complexity index is 2730. The topological polar surface area (TPSA) is 322 Å². The minimum atomic E-state index is -1.63. The number of benzene rings is 2. The van der Waals surface area contributed by atoms with Crippen LogP contribution in [0.5, 0.6) is 0 Å². The van der Waals surface area contributed by atoms with Crippen LogP contribution in [0, 0.1) is 11.8 Å². The summed E-state index contributed by atoms with van der Waals surface area (Å²) < 4.78 is 5.20. The van der Waals surface area contributed by atoms with Gasteiger partial charge in [-0.3, -0.25) is 48.3 Å². The monoisotopic (exact) mass is 1120 g/mol. The van der Waals surface area contributed by atoms with Crippen LogP contribution in [-0.2, 0) is 43.1 Å². The molecule has 2 aromatic carbocycles. The van der Waals surface area contributed by atoms with Crippen LogP contribution in [0.3, 0.4) is 0 Å². The Morgan fingerprint density at radius 2 is 1.22 bits per heavy atom. The smallest absolute Gasteiger partial charge is 0.329 e. The zero-order valence-electron chi connectivity index (χ0n) is 45.9. The van der Waals surface area contributed by atoms with Gasteiger partial charge in [0.15, 0.2) is 6.29 Å². The van der Waals surface area contributed by atoms with Crippen LogP contribution < -0.4 is 26.6 Å². The van der Waals surface area contributed by atoms with Crippen molar-refractivity contribution in [3.05, 3.63) is 72.3 Å². The molecule has 7 amide bonds. The minimum absolute atomic E-state index is 0.170. The van der Waals surface area contributed by atoms with E-state index in [1.54, 1.807) is 64.5 Å². The van der Waals surface area contributed by atoms with Crippen LogP contribution in [0.1, 0.15) is 68.9 Å². The summed E-state index contributed by atoms with van der Waals surface area (Å²) in [5.41, 5.74) is 2.65. The van der Waals surface area contributed by atoms with E-state index in [1.807, 2.05) is 24.3 Å². The summed E-state index contributed by atoms with van der Waals surface area (Å²) in [5, 5.41) is 22.3. The first-order valence-corrected chi connectivity index (χ1v) is 27.4. The lowest BCUT2D eigenvalue weighted by Gasteiger charge is -2.39. The van der Waals surface area contributed by atoms with Crippen LogP contribution in [0.25, 0.3) is 22.1 Å². The van der Waals surface area contributed by atoms with E-state index >= 15 is 0 Å². The van der Waals surface area contributed by atoms with Gasteiger partial charge in [-0.25, -0.2) is 14.8 Å². The first-order chi connectivity index (χ1) is 37.0. The number of carbonyl (C=O) groups is 10. The maximum atomic E-state index is 14.6. The van der Waals surface area contributed by atoms with Gasteiger partial charge in [0.25, 0.3) is 5.91 Å².